The van der Waals surface area contributed by atoms with Gasteiger partial charge < -0.3 is 0 Å². The Balaban J connectivity index is 1.48. The number of fused-ring (bicyclic) bond motifs is 5. The van der Waals surface area contributed by atoms with Crippen LogP contribution in [-0.2, 0) is 17.6 Å². The van der Waals surface area contributed by atoms with Crippen molar-refractivity contribution in [1.29, 1.82) is 0 Å². The molecule has 0 N–H and O–H groups in total. The molecule has 162 valence electrons. The Morgan fingerprint density at radius 1 is 0.514 bits per heavy atom. The fraction of sp³-hybridized carbons (Fsp3) is 0.0882. The summed E-state index contributed by atoms with van der Waals surface area (Å²) in [6.07, 6.45) is 6.44. The van der Waals surface area contributed by atoms with Gasteiger partial charge in [-0.1, -0.05) is 84.9 Å². The van der Waals surface area contributed by atoms with Crippen LogP contribution in [0.3, 0.4) is 0 Å². The van der Waals surface area contributed by atoms with Crippen molar-refractivity contribution < 1.29 is 4.79 Å². The molecule has 0 amide bonds. The van der Waals surface area contributed by atoms with Crippen molar-refractivity contribution in [2.75, 3.05) is 0 Å². The first-order valence-corrected chi connectivity index (χ1v) is 12.5. The van der Waals surface area contributed by atoms with Gasteiger partial charge in [-0.05, 0) is 88.5 Å². The summed E-state index contributed by atoms with van der Waals surface area (Å²) in [6, 6.07) is 27.4. The molecule has 0 unspecified atom stereocenters. The number of benzene rings is 6. The molecular formula is C34H20O. The lowest BCUT2D eigenvalue weighted by atomic mass is 9.76. The average Bonchev–Trinajstić information content (AvgIpc) is 2.90. The predicted octanol–water partition coefficient (Wildman–Crippen LogP) is 8.15. The minimum Gasteiger partial charge on any atom is -0.294 e. The van der Waals surface area contributed by atoms with Crippen LogP contribution in [0.5, 0.6) is 0 Å². The standard InChI is InChI=1S/C34H20O/c35-30-7-3-6-22-24-13-15-28-25-10-8-19-16-18-4-1-2-5-21(18)23-12-14-27(33(25)31(19)23)26-11-9-20(17-29(22)30)32(24)34(26)28/h1-6,8-15H,7,16-17H2. The molecule has 1 nitrogen and oxygen atoms in total. The Morgan fingerprint density at radius 2 is 1.14 bits per heavy atom. The van der Waals surface area contributed by atoms with Gasteiger partial charge >= 0.3 is 0 Å². The summed E-state index contributed by atoms with van der Waals surface area (Å²) < 4.78 is 0. The zero-order valence-electron chi connectivity index (χ0n) is 19.1. The first-order chi connectivity index (χ1) is 17.3. The molecule has 0 atom stereocenters. The van der Waals surface area contributed by atoms with Gasteiger partial charge in [0, 0.05) is 18.4 Å². The molecule has 6 aromatic carbocycles. The SMILES string of the molecule is O=C1CC=CC2=C1Cc1ccc3c4ccc5c6c(ccc(c7ccc2c1c73)c64)Cc1ccccc1-5. The number of carbonyl (C=O) groups excluding carboxylic acids is 1. The molecule has 0 aromatic heterocycles. The molecule has 6 aromatic rings. The van der Waals surface area contributed by atoms with E-state index in [1.54, 1.807) is 0 Å². The Bertz CT molecular complexity index is 2010. The van der Waals surface area contributed by atoms with Gasteiger partial charge in [-0.3, -0.25) is 4.79 Å². The summed E-state index contributed by atoms with van der Waals surface area (Å²) in [5.74, 6) is 0.270. The van der Waals surface area contributed by atoms with Gasteiger partial charge in [0.05, 0.1) is 0 Å². The van der Waals surface area contributed by atoms with Crippen LogP contribution in [0.1, 0.15) is 28.7 Å². The third-order valence-corrected chi connectivity index (χ3v) is 8.67. The first kappa shape index (κ1) is 18.1. The van der Waals surface area contributed by atoms with Gasteiger partial charge in [0.15, 0.2) is 5.78 Å². The highest BCUT2D eigenvalue weighted by Crippen LogP contribution is 2.50. The number of allylic oxidation sites excluding steroid dienone is 4. The van der Waals surface area contributed by atoms with E-state index in [4.69, 9.17) is 0 Å². The van der Waals surface area contributed by atoms with Crippen molar-refractivity contribution >= 4 is 54.4 Å². The number of hydrogen-bond acceptors (Lipinski definition) is 1. The second kappa shape index (κ2) is 6.06. The largest absolute Gasteiger partial charge is 0.294 e. The minimum absolute atomic E-state index is 0.270. The zero-order valence-corrected chi connectivity index (χ0v) is 19.1. The highest BCUT2D eigenvalue weighted by Gasteiger charge is 2.28. The topological polar surface area (TPSA) is 17.1 Å². The predicted molar refractivity (Wildman–Crippen MR) is 145 cm³/mol. The molecule has 0 saturated carbocycles. The van der Waals surface area contributed by atoms with Crippen molar-refractivity contribution in [3.05, 3.63) is 113 Å². The first-order valence-electron chi connectivity index (χ1n) is 12.5. The summed E-state index contributed by atoms with van der Waals surface area (Å²) in [5, 5.41) is 10.8. The summed E-state index contributed by atoms with van der Waals surface area (Å²) in [5.41, 5.74) is 10.2. The van der Waals surface area contributed by atoms with E-state index in [1.807, 2.05) is 6.08 Å². The summed E-state index contributed by atoms with van der Waals surface area (Å²) in [6.45, 7) is 0. The lowest BCUT2D eigenvalue weighted by molar-refractivity contribution is -0.114. The van der Waals surface area contributed by atoms with E-state index in [0.29, 0.717) is 6.42 Å². The van der Waals surface area contributed by atoms with E-state index in [0.717, 1.165) is 24.0 Å². The molecule has 0 aliphatic heterocycles. The van der Waals surface area contributed by atoms with Gasteiger partial charge in [-0.15, -0.1) is 0 Å². The summed E-state index contributed by atoms with van der Waals surface area (Å²) in [7, 11) is 0. The van der Waals surface area contributed by atoms with Gasteiger partial charge in [0.2, 0.25) is 0 Å². The van der Waals surface area contributed by atoms with E-state index < -0.39 is 0 Å². The molecule has 35 heavy (non-hydrogen) atoms. The Morgan fingerprint density at radius 3 is 1.91 bits per heavy atom. The highest BCUT2D eigenvalue weighted by atomic mass is 16.1. The third-order valence-electron chi connectivity index (χ3n) is 8.67. The highest BCUT2D eigenvalue weighted by molar-refractivity contribution is 6.36. The lowest BCUT2D eigenvalue weighted by Crippen LogP contribution is -2.14. The van der Waals surface area contributed by atoms with Gasteiger partial charge in [-0.2, -0.15) is 0 Å². The normalized spacial score (nSPS) is 16.1. The van der Waals surface area contributed by atoms with E-state index in [1.165, 1.54) is 76.5 Å². The van der Waals surface area contributed by atoms with E-state index >= 15 is 0 Å². The van der Waals surface area contributed by atoms with E-state index in [-0.39, 0.29) is 5.78 Å². The van der Waals surface area contributed by atoms with E-state index in [9.17, 15) is 4.79 Å². The van der Waals surface area contributed by atoms with Gasteiger partial charge in [0.25, 0.3) is 0 Å². The van der Waals surface area contributed by atoms with Crippen LogP contribution in [0, 0.1) is 0 Å². The molecule has 0 radical (unpaired) electrons. The maximum atomic E-state index is 12.7. The van der Waals surface area contributed by atoms with Crippen molar-refractivity contribution in [2.24, 2.45) is 0 Å². The van der Waals surface area contributed by atoms with Crippen LogP contribution < -0.4 is 0 Å². The van der Waals surface area contributed by atoms with Crippen LogP contribution in [-0.4, -0.2) is 5.78 Å². The van der Waals surface area contributed by atoms with Crippen molar-refractivity contribution in [3.63, 3.8) is 0 Å². The second-order valence-corrected chi connectivity index (χ2v) is 10.3. The van der Waals surface area contributed by atoms with Gasteiger partial charge in [-0.25, -0.2) is 0 Å². The van der Waals surface area contributed by atoms with Crippen LogP contribution >= 0.6 is 0 Å². The molecule has 1 heteroatoms. The fourth-order valence-corrected chi connectivity index (χ4v) is 7.21. The Hall–Kier alpha value is -4.23. The molecule has 9 rings (SSSR count). The Labute approximate surface area is 202 Å². The fourth-order valence-electron chi connectivity index (χ4n) is 7.21. The van der Waals surface area contributed by atoms with Crippen LogP contribution in [0.15, 0.2) is 90.5 Å². The van der Waals surface area contributed by atoms with E-state index in [2.05, 4.69) is 78.9 Å². The summed E-state index contributed by atoms with van der Waals surface area (Å²) in [4.78, 5) is 12.7. The molecule has 0 fully saturated rings. The van der Waals surface area contributed by atoms with Crippen LogP contribution in [0.25, 0.3) is 59.8 Å². The number of rotatable bonds is 0. The molecule has 0 spiro atoms. The lowest BCUT2D eigenvalue weighted by Gasteiger charge is -2.27. The maximum Gasteiger partial charge on any atom is 0.163 e. The minimum atomic E-state index is 0.270. The van der Waals surface area contributed by atoms with Crippen LogP contribution in [0.4, 0.5) is 0 Å². The average molecular weight is 445 g/mol. The molecular weight excluding hydrogens is 424 g/mol. The number of hydrogen-bond donors (Lipinski definition) is 0. The molecule has 3 aliphatic carbocycles. The molecule has 3 aliphatic rings. The quantitative estimate of drug-likeness (QED) is 0.170. The molecule has 0 heterocycles. The number of carbonyl (C=O) groups is 1. The number of ketones is 1. The summed E-state index contributed by atoms with van der Waals surface area (Å²) >= 11 is 0. The number of Topliss-reactive ketones (excluding diaryl/α,β-unsaturated/α-hetero) is 1. The molecule has 0 bridgehead atoms. The third kappa shape index (κ3) is 2.09. The van der Waals surface area contributed by atoms with Gasteiger partial charge in [0.1, 0.15) is 0 Å². The van der Waals surface area contributed by atoms with Crippen molar-refractivity contribution in [3.8, 4) is 11.1 Å². The second-order valence-electron chi connectivity index (χ2n) is 10.3. The smallest absolute Gasteiger partial charge is 0.163 e. The zero-order chi connectivity index (χ0) is 22.8. The van der Waals surface area contributed by atoms with Crippen molar-refractivity contribution in [1.82, 2.24) is 0 Å². The van der Waals surface area contributed by atoms with Crippen molar-refractivity contribution in [2.45, 2.75) is 19.3 Å². The monoisotopic (exact) mass is 444 g/mol. The van der Waals surface area contributed by atoms with Crippen LogP contribution in [0.2, 0.25) is 0 Å². The maximum absolute atomic E-state index is 12.7. The Kier molecular flexibility index (Phi) is 3.14. The molecule has 0 saturated heterocycles.